The number of anilines is 2. The molecule has 3 heteroatoms. The summed E-state index contributed by atoms with van der Waals surface area (Å²) < 4.78 is 0. The van der Waals surface area contributed by atoms with E-state index in [1.54, 1.807) is 0 Å². The van der Waals surface area contributed by atoms with Crippen molar-refractivity contribution in [2.75, 3.05) is 24.3 Å². The van der Waals surface area contributed by atoms with E-state index in [4.69, 9.17) is 0 Å². The number of hydrogen-bond donors (Lipinski definition) is 1. The maximum atomic E-state index is 4.68. The summed E-state index contributed by atoms with van der Waals surface area (Å²) in [6, 6.07) is 20.8. The van der Waals surface area contributed by atoms with E-state index in [0.717, 1.165) is 29.0 Å². The molecule has 0 saturated heterocycles. The Morgan fingerprint density at radius 1 is 0.952 bits per heavy atom. The molecule has 3 rings (SSSR count). The molecule has 0 unspecified atom stereocenters. The van der Waals surface area contributed by atoms with Crippen LogP contribution in [0.25, 0.3) is 10.9 Å². The van der Waals surface area contributed by atoms with Gasteiger partial charge in [0, 0.05) is 37.8 Å². The molecular formula is C18H19N3. The smallest absolute Gasteiger partial charge is 0.130 e. The minimum Gasteiger partial charge on any atom is -0.380 e. The summed E-state index contributed by atoms with van der Waals surface area (Å²) in [7, 11) is 4.02. The van der Waals surface area contributed by atoms with Gasteiger partial charge in [0.25, 0.3) is 0 Å². The first-order chi connectivity index (χ1) is 10.2. The number of aromatic nitrogens is 1. The van der Waals surface area contributed by atoms with Crippen LogP contribution in [0.15, 0.2) is 60.7 Å². The van der Waals surface area contributed by atoms with Gasteiger partial charge in [-0.05, 0) is 11.6 Å². The normalized spacial score (nSPS) is 10.6. The lowest BCUT2D eigenvalue weighted by Crippen LogP contribution is -2.11. The number of para-hydroxylation sites is 1. The molecular weight excluding hydrogens is 258 g/mol. The van der Waals surface area contributed by atoms with Crippen LogP contribution in [-0.2, 0) is 6.54 Å². The topological polar surface area (TPSA) is 28.2 Å². The van der Waals surface area contributed by atoms with Crippen molar-refractivity contribution in [1.29, 1.82) is 0 Å². The van der Waals surface area contributed by atoms with Crippen molar-refractivity contribution in [2.24, 2.45) is 0 Å². The fraction of sp³-hybridized carbons (Fsp3) is 0.167. The summed E-state index contributed by atoms with van der Waals surface area (Å²) in [6.07, 6.45) is 0. The van der Waals surface area contributed by atoms with Crippen LogP contribution < -0.4 is 10.2 Å². The summed E-state index contributed by atoms with van der Waals surface area (Å²) in [4.78, 5) is 6.70. The predicted molar refractivity (Wildman–Crippen MR) is 89.8 cm³/mol. The van der Waals surface area contributed by atoms with E-state index >= 15 is 0 Å². The summed E-state index contributed by atoms with van der Waals surface area (Å²) in [5.41, 5.74) is 3.40. The van der Waals surface area contributed by atoms with E-state index in [0.29, 0.717) is 0 Å². The Morgan fingerprint density at radius 3 is 2.43 bits per heavy atom. The predicted octanol–water partition coefficient (Wildman–Crippen LogP) is 3.91. The fourth-order valence-electron chi connectivity index (χ4n) is 2.33. The van der Waals surface area contributed by atoms with Gasteiger partial charge in [0.2, 0.25) is 0 Å². The van der Waals surface area contributed by atoms with Gasteiger partial charge in [0.05, 0.1) is 5.52 Å². The first kappa shape index (κ1) is 13.4. The van der Waals surface area contributed by atoms with Crippen molar-refractivity contribution in [1.82, 2.24) is 4.98 Å². The minimum absolute atomic E-state index is 0.807. The van der Waals surface area contributed by atoms with Crippen molar-refractivity contribution >= 4 is 22.4 Å². The summed E-state index contributed by atoms with van der Waals surface area (Å²) in [5.74, 6) is 0.962. The SMILES string of the molecule is CN(C)c1cc(NCc2ccccc2)c2ccccc2n1. The second kappa shape index (κ2) is 5.83. The third-order valence-electron chi connectivity index (χ3n) is 3.49. The molecule has 0 atom stereocenters. The molecule has 0 fully saturated rings. The Balaban J connectivity index is 1.96. The lowest BCUT2D eigenvalue weighted by atomic mass is 10.1. The summed E-state index contributed by atoms with van der Waals surface area (Å²) in [5, 5.41) is 4.68. The average molecular weight is 277 g/mol. The number of hydrogen-bond acceptors (Lipinski definition) is 3. The van der Waals surface area contributed by atoms with Crippen molar-refractivity contribution < 1.29 is 0 Å². The first-order valence-corrected chi connectivity index (χ1v) is 7.09. The summed E-state index contributed by atoms with van der Waals surface area (Å²) >= 11 is 0. The minimum atomic E-state index is 0.807. The molecule has 0 bridgehead atoms. The van der Waals surface area contributed by atoms with E-state index in [1.807, 2.05) is 37.2 Å². The van der Waals surface area contributed by atoms with E-state index in [-0.39, 0.29) is 0 Å². The Labute approximate surface area is 125 Å². The highest BCUT2D eigenvalue weighted by molar-refractivity contribution is 5.93. The van der Waals surface area contributed by atoms with Crippen molar-refractivity contribution in [3.8, 4) is 0 Å². The van der Waals surface area contributed by atoms with E-state index in [9.17, 15) is 0 Å². The van der Waals surface area contributed by atoms with Crippen LogP contribution in [0.5, 0.6) is 0 Å². The Morgan fingerprint density at radius 2 is 1.67 bits per heavy atom. The Kier molecular flexibility index (Phi) is 3.73. The molecule has 0 aliphatic heterocycles. The monoisotopic (exact) mass is 277 g/mol. The molecule has 0 aliphatic carbocycles. The van der Waals surface area contributed by atoms with Gasteiger partial charge in [-0.25, -0.2) is 4.98 Å². The van der Waals surface area contributed by atoms with Crippen molar-refractivity contribution in [3.05, 3.63) is 66.2 Å². The fourth-order valence-corrected chi connectivity index (χ4v) is 2.33. The van der Waals surface area contributed by atoms with Crippen LogP contribution in [0.2, 0.25) is 0 Å². The molecule has 1 aromatic heterocycles. The first-order valence-electron chi connectivity index (χ1n) is 7.09. The lowest BCUT2D eigenvalue weighted by Gasteiger charge is -2.16. The Bertz CT molecular complexity index is 736. The van der Waals surface area contributed by atoms with Gasteiger partial charge in [-0.15, -0.1) is 0 Å². The molecule has 0 aliphatic rings. The number of nitrogens with one attached hydrogen (secondary N) is 1. The van der Waals surface area contributed by atoms with Crippen molar-refractivity contribution in [3.63, 3.8) is 0 Å². The molecule has 21 heavy (non-hydrogen) atoms. The van der Waals surface area contributed by atoms with Crippen molar-refractivity contribution in [2.45, 2.75) is 6.54 Å². The highest BCUT2D eigenvalue weighted by Crippen LogP contribution is 2.26. The zero-order chi connectivity index (χ0) is 14.7. The molecule has 0 amide bonds. The molecule has 1 N–H and O–H groups in total. The number of fused-ring (bicyclic) bond motifs is 1. The summed E-state index contributed by atoms with van der Waals surface area (Å²) in [6.45, 7) is 0.807. The zero-order valence-electron chi connectivity index (χ0n) is 12.4. The number of rotatable bonds is 4. The van der Waals surface area contributed by atoms with Crippen LogP contribution in [-0.4, -0.2) is 19.1 Å². The van der Waals surface area contributed by atoms with Crippen LogP contribution in [0.1, 0.15) is 5.56 Å². The second-order valence-corrected chi connectivity index (χ2v) is 5.28. The Hall–Kier alpha value is -2.55. The van der Waals surface area contributed by atoms with Gasteiger partial charge < -0.3 is 10.2 Å². The molecule has 0 radical (unpaired) electrons. The van der Waals surface area contributed by atoms with E-state index in [1.165, 1.54) is 5.56 Å². The van der Waals surface area contributed by atoms with Gasteiger partial charge in [0.1, 0.15) is 5.82 Å². The number of pyridine rings is 1. The molecule has 106 valence electrons. The standard InChI is InChI=1S/C18H19N3/c1-21(2)18-12-17(15-10-6-7-11-16(15)20-18)19-13-14-8-4-3-5-9-14/h3-12H,13H2,1-2H3,(H,19,20). The molecule has 3 nitrogen and oxygen atoms in total. The molecule has 2 aromatic carbocycles. The van der Waals surface area contributed by atoms with Gasteiger partial charge >= 0.3 is 0 Å². The van der Waals surface area contributed by atoms with E-state index in [2.05, 4.69) is 52.8 Å². The quantitative estimate of drug-likeness (QED) is 0.783. The molecule has 3 aromatic rings. The van der Waals surface area contributed by atoms with Gasteiger partial charge in [-0.3, -0.25) is 0 Å². The molecule has 0 spiro atoms. The van der Waals surface area contributed by atoms with Crippen LogP contribution >= 0.6 is 0 Å². The zero-order valence-corrected chi connectivity index (χ0v) is 12.4. The highest BCUT2D eigenvalue weighted by atomic mass is 15.1. The maximum Gasteiger partial charge on any atom is 0.130 e. The maximum absolute atomic E-state index is 4.68. The molecule has 0 saturated carbocycles. The van der Waals surface area contributed by atoms with Gasteiger partial charge in [0.15, 0.2) is 0 Å². The average Bonchev–Trinajstić information content (AvgIpc) is 2.53. The van der Waals surface area contributed by atoms with E-state index < -0.39 is 0 Å². The van der Waals surface area contributed by atoms with Crippen LogP contribution in [0, 0.1) is 0 Å². The largest absolute Gasteiger partial charge is 0.380 e. The van der Waals surface area contributed by atoms with Gasteiger partial charge in [-0.2, -0.15) is 0 Å². The number of nitrogens with zero attached hydrogens (tertiary/aromatic N) is 2. The third-order valence-corrected chi connectivity index (χ3v) is 3.49. The third kappa shape index (κ3) is 2.97. The van der Waals surface area contributed by atoms with Gasteiger partial charge in [-0.1, -0.05) is 48.5 Å². The lowest BCUT2D eigenvalue weighted by molar-refractivity contribution is 1.08. The highest BCUT2D eigenvalue weighted by Gasteiger charge is 2.06. The van der Waals surface area contributed by atoms with Crippen LogP contribution in [0.4, 0.5) is 11.5 Å². The number of benzene rings is 2. The second-order valence-electron chi connectivity index (χ2n) is 5.28. The van der Waals surface area contributed by atoms with Crippen LogP contribution in [0.3, 0.4) is 0 Å². The molecule has 1 heterocycles.